The van der Waals surface area contributed by atoms with Crippen LogP contribution >= 0.6 is 0 Å². The zero-order chi connectivity index (χ0) is 12.7. The van der Waals surface area contributed by atoms with Gasteiger partial charge in [-0.1, -0.05) is 0 Å². The SMILES string of the molecule is CC(C)N1CCC(c2nc3c(n2C)CCNC3)C1. The van der Waals surface area contributed by atoms with E-state index in [9.17, 15) is 0 Å². The molecule has 0 radical (unpaired) electrons. The summed E-state index contributed by atoms with van der Waals surface area (Å²) in [6.07, 6.45) is 2.38. The van der Waals surface area contributed by atoms with Crippen molar-refractivity contribution in [1.29, 1.82) is 0 Å². The molecule has 1 N–H and O–H groups in total. The minimum Gasteiger partial charge on any atom is -0.334 e. The maximum Gasteiger partial charge on any atom is 0.113 e. The topological polar surface area (TPSA) is 33.1 Å². The molecule has 18 heavy (non-hydrogen) atoms. The zero-order valence-corrected chi connectivity index (χ0v) is 11.7. The van der Waals surface area contributed by atoms with Crippen LogP contribution in [0.25, 0.3) is 0 Å². The molecule has 2 aliphatic rings. The van der Waals surface area contributed by atoms with Crippen LogP contribution in [0.5, 0.6) is 0 Å². The molecule has 2 aliphatic heterocycles. The highest BCUT2D eigenvalue weighted by Crippen LogP contribution is 2.29. The number of rotatable bonds is 2. The highest BCUT2D eigenvalue weighted by Gasteiger charge is 2.30. The van der Waals surface area contributed by atoms with E-state index in [1.54, 1.807) is 0 Å². The lowest BCUT2D eigenvalue weighted by molar-refractivity contribution is 0.271. The van der Waals surface area contributed by atoms with Crippen molar-refractivity contribution in [3.8, 4) is 0 Å². The Kier molecular flexibility index (Phi) is 3.16. The molecule has 0 amide bonds. The normalized spacial score (nSPS) is 24.8. The Morgan fingerprint density at radius 2 is 2.22 bits per heavy atom. The molecule has 1 unspecified atom stereocenters. The standard InChI is InChI=1S/C14H24N4/c1-10(2)18-7-5-11(9-18)14-16-12-8-15-6-4-13(12)17(14)3/h10-11,15H,4-9H2,1-3H3. The monoisotopic (exact) mass is 248 g/mol. The average Bonchev–Trinajstić information content (AvgIpc) is 2.95. The van der Waals surface area contributed by atoms with Crippen LogP contribution in [0, 0.1) is 0 Å². The van der Waals surface area contributed by atoms with Gasteiger partial charge in [-0.25, -0.2) is 4.98 Å². The Labute approximate surface area is 109 Å². The lowest BCUT2D eigenvalue weighted by atomic mass is 10.1. The molecule has 3 heterocycles. The Morgan fingerprint density at radius 3 is 2.89 bits per heavy atom. The molecule has 1 fully saturated rings. The van der Waals surface area contributed by atoms with E-state index in [1.807, 2.05) is 0 Å². The van der Waals surface area contributed by atoms with E-state index in [0.29, 0.717) is 12.0 Å². The Morgan fingerprint density at radius 1 is 1.39 bits per heavy atom. The summed E-state index contributed by atoms with van der Waals surface area (Å²) in [5, 5.41) is 3.41. The number of imidazole rings is 1. The first-order chi connectivity index (χ1) is 8.66. The quantitative estimate of drug-likeness (QED) is 0.855. The van der Waals surface area contributed by atoms with Crippen LogP contribution in [0.3, 0.4) is 0 Å². The molecular formula is C14H24N4. The molecule has 0 bridgehead atoms. The zero-order valence-electron chi connectivity index (χ0n) is 11.7. The number of nitrogens with zero attached hydrogens (tertiary/aromatic N) is 3. The Hall–Kier alpha value is -0.870. The fraction of sp³-hybridized carbons (Fsp3) is 0.786. The van der Waals surface area contributed by atoms with Crippen molar-refractivity contribution in [2.75, 3.05) is 19.6 Å². The van der Waals surface area contributed by atoms with Crippen molar-refractivity contribution in [2.45, 2.75) is 45.2 Å². The lowest BCUT2D eigenvalue weighted by Crippen LogP contribution is -2.28. The number of likely N-dealkylation sites (tertiary alicyclic amines) is 1. The van der Waals surface area contributed by atoms with Gasteiger partial charge in [-0.2, -0.15) is 0 Å². The molecule has 1 atom stereocenters. The maximum absolute atomic E-state index is 4.90. The van der Waals surface area contributed by atoms with Gasteiger partial charge in [0.25, 0.3) is 0 Å². The number of nitrogens with one attached hydrogen (secondary N) is 1. The van der Waals surface area contributed by atoms with Crippen molar-refractivity contribution in [3.63, 3.8) is 0 Å². The van der Waals surface area contributed by atoms with Crippen LogP contribution in [0.4, 0.5) is 0 Å². The van der Waals surface area contributed by atoms with Gasteiger partial charge in [0.15, 0.2) is 0 Å². The third kappa shape index (κ3) is 1.97. The van der Waals surface area contributed by atoms with Gasteiger partial charge in [0, 0.05) is 50.8 Å². The van der Waals surface area contributed by atoms with Crippen molar-refractivity contribution < 1.29 is 0 Å². The van der Waals surface area contributed by atoms with Crippen LogP contribution < -0.4 is 5.32 Å². The van der Waals surface area contributed by atoms with Crippen molar-refractivity contribution in [3.05, 3.63) is 17.2 Å². The molecule has 3 rings (SSSR count). The second-order valence-electron chi connectivity index (χ2n) is 5.92. The summed E-state index contributed by atoms with van der Waals surface area (Å²) in [5.74, 6) is 1.94. The van der Waals surface area contributed by atoms with E-state index in [0.717, 1.165) is 19.5 Å². The van der Waals surface area contributed by atoms with Crippen LogP contribution in [0.15, 0.2) is 0 Å². The van der Waals surface area contributed by atoms with Gasteiger partial charge in [-0.3, -0.25) is 0 Å². The molecule has 1 aromatic heterocycles. The van der Waals surface area contributed by atoms with E-state index in [-0.39, 0.29) is 0 Å². The van der Waals surface area contributed by atoms with E-state index >= 15 is 0 Å². The molecule has 0 aliphatic carbocycles. The summed E-state index contributed by atoms with van der Waals surface area (Å²) in [7, 11) is 2.20. The fourth-order valence-corrected chi connectivity index (χ4v) is 3.31. The number of hydrogen-bond acceptors (Lipinski definition) is 3. The van der Waals surface area contributed by atoms with Crippen LogP contribution in [0.2, 0.25) is 0 Å². The first kappa shape index (κ1) is 12.2. The Bertz CT molecular complexity index is 435. The molecule has 0 spiro atoms. The summed E-state index contributed by atoms with van der Waals surface area (Å²) in [4.78, 5) is 7.47. The van der Waals surface area contributed by atoms with Gasteiger partial charge in [-0.05, 0) is 26.8 Å². The maximum atomic E-state index is 4.90. The van der Waals surface area contributed by atoms with Crippen molar-refractivity contribution in [1.82, 2.24) is 19.8 Å². The van der Waals surface area contributed by atoms with Gasteiger partial charge in [0.1, 0.15) is 5.82 Å². The highest BCUT2D eigenvalue weighted by atomic mass is 15.2. The van der Waals surface area contributed by atoms with Crippen molar-refractivity contribution >= 4 is 0 Å². The number of fused-ring (bicyclic) bond motifs is 1. The number of aromatic nitrogens is 2. The minimum absolute atomic E-state index is 0.628. The minimum atomic E-state index is 0.628. The smallest absolute Gasteiger partial charge is 0.113 e. The summed E-state index contributed by atoms with van der Waals surface area (Å²) in [6.45, 7) is 9.01. The van der Waals surface area contributed by atoms with Gasteiger partial charge in [0.2, 0.25) is 0 Å². The van der Waals surface area contributed by atoms with Crippen molar-refractivity contribution in [2.24, 2.45) is 7.05 Å². The lowest BCUT2D eigenvalue weighted by Gasteiger charge is -2.20. The summed E-state index contributed by atoms with van der Waals surface area (Å²) in [6, 6.07) is 0.659. The molecule has 1 saturated heterocycles. The third-order valence-corrected chi connectivity index (χ3v) is 4.48. The highest BCUT2D eigenvalue weighted by molar-refractivity contribution is 5.22. The molecule has 4 nitrogen and oxygen atoms in total. The third-order valence-electron chi connectivity index (χ3n) is 4.48. The van der Waals surface area contributed by atoms with E-state index < -0.39 is 0 Å². The number of hydrogen-bond donors (Lipinski definition) is 1. The largest absolute Gasteiger partial charge is 0.334 e. The summed E-state index contributed by atoms with van der Waals surface area (Å²) in [5.41, 5.74) is 2.73. The van der Waals surface area contributed by atoms with Crippen LogP contribution in [-0.2, 0) is 20.0 Å². The first-order valence-corrected chi connectivity index (χ1v) is 7.16. The second kappa shape index (κ2) is 4.67. The molecule has 0 aromatic carbocycles. The van der Waals surface area contributed by atoms with Gasteiger partial charge in [0.05, 0.1) is 5.69 Å². The first-order valence-electron chi connectivity index (χ1n) is 7.16. The van der Waals surface area contributed by atoms with Crippen LogP contribution in [-0.4, -0.2) is 40.1 Å². The average molecular weight is 248 g/mol. The van der Waals surface area contributed by atoms with Crippen LogP contribution in [0.1, 0.15) is 43.4 Å². The summed E-state index contributed by atoms with van der Waals surface area (Å²) >= 11 is 0. The molecule has 1 aromatic rings. The fourth-order valence-electron chi connectivity index (χ4n) is 3.31. The molecular weight excluding hydrogens is 224 g/mol. The van der Waals surface area contributed by atoms with Gasteiger partial charge >= 0.3 is 0 Å². The molecule has 4 heteroatoms. The van der Waals surface area contributed by atoms with E-state index in [2.05, 4.69) is 35.7 Å². The predicted octanol–water partition coefficient (Wildman–Crippen LogP) is 1.26. The molecule has 100 valence electrons. The summed E-state index contributed by atoms with van der Waals surface area (Å²) < 4.78 is 2.37. The van der Waals surface area contributed by atoms with Gasteiger partial charge < -0.3 is 14.8 Å². The Balaban J connectivity index is 1.83. The second-order valence-corrected chi connectivity index (χ2v) is 5.92. The van der Waals surface area contributed by atoms with Gasteiger partial charge in [-0.15, -0.1) is 0 Å². The van der Waals surface area contributed by atoms with E-state index in [4.69, 9.17) is 4.98 Å². The van der Waals surface area contributed by atoms with E-state index in [1.165, 1.54) is 36.7 Å². The predicted molar refractivity (Wildman–Crippen MR) is 72.7 cm³/mol. The molecule has 0 saturated carbocycles.